The largest absolute Gasteiger partial charge is 0.435 e. The zero-order valence-corrected chi connectivity index (χ0v) is 19.7. The second kappa shape index (κ2) is 9.65. The fourth-order valence-corrected chi connectivity index (χ4v) is 5.06. The minimum Gasteiger partial charge on any atom is -0.379 e. The highest BCUT2D eigenvalue weighted by atomic mass is 35.5. The molecule has 1 N–H and O–H groups in total. The van der Waals surface area contributed by atoms with Gasteiger partial charge in [-0.1, -0.05) is 11.6 Å². The summed E-state index contributed by atoms with van der Waals surface area (Å²) in [6.07, 6.45) is 1.21. The number of halogens is 4. The number of anilines is 1. The number of hydrogen-bond acceptors (Lipinski definition) is 8. The van der Waals surface area contributed by atoms with Crippen LogP contribution < -0.4 is 10.5 Å². The molecule has 2 aliphatic rings. The number of H-pyrrole nitrogens is 1. The van der Waals surface area contributed by atoms with Crippen LogP contribution in [0.5, 0.6) is 0 Å². The Morgan fingerprint density at radius 1 is 1.14 bits per heavy atom. The Hall–Kier alpha value is -3.26. The third-order valence-corrected chi connectivity index (χ3v) is 6.70. The van der Waals surface area contributed by atoms with E-state index >= 15 is 0 Å². The van der Waals surface area contributed by atoms with Gasteiger partial charge < -0.3 is 14.5 Å². The predicted molar refractivity (Wildman–Crippen MR) is 121 cm³/mol. The predicted octanol–water partition coefficient (Wildman–Crippen LogP) is 1.87. The fourth-order valence-electron chi connectivity index (χ4n) is 4.96. The number of fused-ring (bicyclic) bond motifs is 2. The van der Waals surface area contributed by atoms with Crippen LogP contribution >= 0.6 is 11.6 Å². The number of rotatable bonds is 7. The quantitative estimate of drug-likeness (QED) is 0.463. The summed E-state index contributed by atoms with van der Waals surface area (Å²) in [7, 11) is 0. The van der Waals surface area contributed by atoms with E-state index in [0.29, 0.717) is 17.5 Å². The third kappa shape index (κ3) is 4.62. The number of aromatic amines is 1. The number of amides is 1. The van der Waals surface area contributed by atoms with E-state index in [-0.39, 0.29) is 49.7 Å². The standard InChI is InChI=1S/C21H22ClF3N8O3/c22-12-9-26-20(27-10-12)32-5-2-13-14(32)1-4-31(13)16(34)3-7-36-8-6-33-15-11-28-29-19(35)17(15)18(30-33)21(23,24)25/h9-11,13-14H,1-8H2,(H,29,35)/t13-,14-/m1/s1. The molecule has 2 saturated heterocycles. The van der Waals surface area contributed by atoms with E-state index in [1.807, 2.05) is 10.00 Å². The SMILES string of the molecule is O=C(CCOCCn1nc(C(F)(F)F)c2c(=O)[nH]ncc21)N1CC[C@@H]2[C@H]1CCN2c1ncc(Cl)cn1. The monoisotopic (exact) mass is 526 g/mol. The van der Waals surface area contributed by atoms with E-state index < -0.39 is 22.8 Å². The zero-order valence-electron chi connectivity index (χ0n) is 18.9. The molecule has 2 aliphatic heterocycles. The van der Waals surface area contributed by atoms with Gasteiger partial charge >= 0.3 is 6.18 Å². The van der Waals surface area contributed by atoms with Gasteiger partial charge in [-0.3, -0.25) is 14.3 Å². The van der Waals surface area contributed by atoms with Crippen molar-refractivity contribution in [2.24, 2.45) is 0 Å². The van der Waals surface area contributed by atoms with Crippen molar-refractivity contribution in [2.75, 3.05) is 31.2 Å². The molecule has 36 heavy (non-hydrogen) atoms. The molecule has 2 atom stereocenters. The zero-order chi connectivity index (χ0) is 25.4. The number of ether oxygens (including phenoxy) is 1. The molecule has 15 heteroatoms. The van der Waals surface area contributed by atoms with Crippen molar-refractivity contribution < 1.29 is 22.7 Å². The van der Waals surface area contributed by atoms with Crippen molar-refractivity contribution in [2.45, 2.75) is 44.1 Å². The maximum Gasteiger partial charge on any atom is 0.435 e. The first-order valence-corrected chi connectivity index (χ1v) is 11.7. The van der Waals surface area contributed by atoms with Crippen LogP contribution in [0, 0.1) is 0 Å². The molecule has 0 radical (unpaired) electrons. The second-order valence-electron chi connectivity index (χ2n) is 8.59. The Morgan fingerprint density at radius 3 is 2.64 bits per heavy atom. The molecule has 0 aliphatic carbocycles. The number of carbonyl (C=O) groups excluding carboxylic acids is 1. The average molecular weight is 527 g/mol. The highest BCUT2D eigenvalue weighted by Crippen LogP contribution is 2.34. The smallest absolute Gasteiger partial charge is 0.379 e. The van der Waals surface area contributed by atoms with Gasteiger partial charge in [0.25, 0.3) is 5.56 Å². The molecule has 1 amide bonds. The van der Waals surface area contributed by atoms with Crippen LogP contribution in [0.1, 0.15) is 25.0 Å². The number of carbonyl (C=O) groups is 1. The summed E-state index contributed by atoms with van der Waals surface area (Å²) < 4.78 is 46.4. The maximum absolute atomic E-state index is 13.3. The highest BCUT2D eigenvalue weighted by Gasteiger charge is 2.45. The van der Waals surface area contributed by atoms with Crippen LogP contribution in [0.3, 0.4) is 0 Å². The summed E-state index contributed by atoms with van der Waals surface area (Å²) in [5.41, 5.74) is -2.27. The van der Waals surface area contributed by atoms with Gasteiger partial charge in [-0.05, 0) is 12.8 Å². The Morgan fingerprint density at radius 2 is 1.89 bits per heavy atom. The normalized spacial score (nSPS) is 19.9. The topological polar surface area (TPSA) is 122 Å². The number of nitrogens with zero attached hydrogens (tertiary/aromatic N) is 7. The van der Waals surface area contributed by atoms with Gasteiger partial charge in [0.2, 0.25) is 11.9 Å². The van der Waals surface area contributed by atoms with Crippen molar-refractivity contribution in [3.05, 3.63) is 39.7 Å². The van der Waals surface area contributed by atoms with Crippen LogP contribution in [-0.4, -0.2) is 79.1 Å². The van der Waals surface area contributed by atoms with Gasteiger partial charge in [0.15, 0.2) is 5.69 Å². The van der Waals surface area contributed by atoms with E-state index in [1.54, 1.807) is 12.4 Å². The molecular formula is C21H22ClF3N8O3. The molecule has 192 valence electrons. The van der Waals surface area contributed by atoms with Crippen molar-refractivity contribution in [1.82, 2.24) is 34.8 Å². The van der Waals surface area contributed by atoms with Crippen LogP contribution in [0.15, 0.2) is 23.4 Å². The van der Waals surface area contributed by atoms with E-state index in [9.17, 15) is 22.8 Å². The number of nitrogens with one attached hydrogen (secondary N) is 1. The molecule has 2 fully saturated rings. The number of likely N-dealkylation sites (tertiary alicyclic amines) is 1. The first-order valence-electron chi connectivity index (χ1n) is 11.4. The lowest BCUT2D eigenvalue weighted by molar-refractivity contribution is -0.140. The molecule has 0 unspecified atom stereocenters. The van der Waals surface area contributed by atoms with Gasteiger partial charge in [0.1, 0.15) is 5.39 Å². The molecule has 3 aromatic rings. The lowest BCUT2D eigenvalue weighted by Gasteiger charge is -2.25. The van der Waals surface area contributed by atoms with Gasteiger partial charge in [-0.25, -0.2) is 15.1 Å². The van der Waals surface area contributed by atoms with Gasteiger partial charge in [-0.2, -0.15) is 23.4 Å². The molecule has 11 nitrogen and oxygen atoms in total. The Kier molecular flexibility index (Phi) is 6.55. The van der Waals surface area contributed by atoms with Crippen LogP contribution in [-0.2, 0) is 22.3 Å². The molecular weight excluding hydrogens is 505 g/mol. The first-order chi connectivity index (χ1) is 17.2. The first kappa shape index (κ1) is 24.4. The van der Waals surface area contributed by atoms with E-state index in [2.05, 4.69) is 25.1 Å². The summed E-state index contributed by atoms with van der Waals surface area (Å²) >= 11 is 5.88. The van der Waals surface area contributed by atoms with Gasteiger partial charge in [0.05, 0.1) is 67.4 Å². The minimum atomic E-state index is -4.78. The minimum absolute atomic E-state index is 0.0158. The maximum atomic E-state index is 13.3. The molecule has 5 heterocycles. The Balaban J connectivity index is 1.13. The molecule has 3 aromatic heterocycles. The Bertz CT molecular complexity index is 1310. The lowest BCUT2D eigenvalue weighted by atomic mass is 10.1. The Labute approximate surface area is 207 Å². The van der Waals surface area contributed by atoms with Gasteiger partial charge in [-0.15, -0.1) is 0 Å². The van der Waals surface area contributed by atoms with Gasteiger partial charge in [0, 0.05) is 13.1 Å². The molecule has 0 bridgehead atoms. The summed E-state index contributed by atoms with van der Waals surface area (Å²) in [5.74, 6) is 0.558. The van der Waals surface area contributed by atoms with E-state index in [1.165, 1.54) is 0 Å². The number of hydrogen-bond donors (Lipinski definition) is 1. The van der Waals surface area contributed by atoms with Crippen molar-refractivity contribution >= 4 is 34.4 Å². The highest BCUT2D eigenvalue weighted by molar-refractivity contribution is 6.30. The van der Waals surface area contributed by atoms with Crippen LogP contribution in [0.25, 0.3) is 10.9 Å². The van der Waals surface area contributed by atoms with Crippen molar-refractivity contribution in [1.29, 1.82) is 0 Å². The summed E-state index contributed by atoms with van der Waals surface area (Å²) in [5, 5.41) is 9.00. The number of aromatic nitrogens is 6. The molecule has 0 spiro atoms. The average Bonchev–Trinajstić information content (AvgIpc) is 3.53. The second-order valence-corrected chi connectivity index (χ2v) is 9.02. The van der Waals surface area contributed by atoms with Crippen molar-refractivity contribution in [3.8, 4) is 0 Å². The lowest BCUT2D eigenvalue weighted by Crippen LogP contribution is -2.40. The number of alkyl halides is 3. The summed E-state index contributed by atoms with van der Waals surface area (Å²) in [6.45, 7) is 1.46. The molecule has 0 saturated carbocycles. The van der Waals surface area contributed by atoms with Crippen LogP contribution in [0.2, 0.25) is 5.02 Å². The van der Waals surface area contributed by atoms with E-state index in [0.717, 1.165) is 30.3 Å². The summed E-state index contributed by atoms with van der Waals surface area (Å²) in [6, 6.07) is 0.210. The van der Waals surface area contributed by atoms with E-state index in [4.69, 9.17) is 16.3 Å². The summed E-state index contributed by atoms with van der Waals surface area (Å²) in [4.78, 5) is 37.2. The van der Waals surface area contributed by atoms with Crippen LogP contribution in [0.4, 0.5) is 19.1 Å². The fraction of sp³-hybridized carbons (Fsp3) is 0.524. The van der Waals surface area contributed by atoms with Crippen molar-refractivity contribution in [3.63, 3.8) is 0 Å². The molecule has 5 rings (SSSR count). The third-order valence-electron chi connectivity index (χ3n) is 6.51. The molecule has 0 aromatic carbocycles.